The Morgan fingerprint density at radius 3 is 2.56 bits per heavy atom. The molecule has 0 saturated carbocycles. The molecule has 1 saturated heterocycles. The molecule has 98 valence electrons. The molecule has 1 atom stereocenters. The van der Waals surface area contributed by atoms with Gasteiger partial charge in [-0.15, -0.1) is 0 Å². The molecule has 1 aliphatic rings. The highest BCUT2D eigenvalue weighted by atomic mass is 32.1. The highest BCUT2D eigenvalue weighted by Gasteiger charge is 2.28. The van der Waals surface area contributed by atoms with Gasteiger partial charge in [0.15, 0.2) is 4.77 Å². The van der Waals surface area contributed by atoms with Gasteiger partial charge in [-0.25, -0.2) is 0 Å². The van der Waals surface area contributed by atoms with Crippen molar-refractivity contribution in [2.45, 2.75) is 39.2 Å². The zero-order chi connectivity index (χ0) is 13.3. The lowest BCUT2D eigenvalue weighted by atomic mass is 10.1. The van der Waals surface area contributed by atoms with Crippen LogP contribution in [-0.2, 0) is 17.6 Å². The summed E-state index contributed by atoms with van der Waals surface area (Å²) in [6.07, 6.45) is 2.05. The number of aromatic nitrogens is 2. The minimum absolute atomic E-state index is 0.0186. The Hall–Kier alpha value is -1.43. The summed E-state index contributed by atoms with van der Waals surface area (Å²) in [7, 11) is 0. The first-order chi connectivity index (χ1) is 8.60. The van der Waals surface area contributed by atoms with Crippen molar-refractivity contribution in [2.75, 3.05) is 6.54 Å². The fourth-order valence-electron chi connectivity index (χ4n) is 2.54. The van der Waals surface area contributed by atoms with E-state index in [4.69, 9.17) is 12.2 Å². The number of carbonyl (C=O) groups is 1. The number of hydrogen-bond donors (Lipinski definition) is 2. The molecular formula is C12H17N3O2S. The van der Waals surface area contributed by atoms with E-state index in [-0.39, 0.29) is 17.5 Å². The van der Waals surface area contributed by atoms with Gasteiger partial charge in [0.1, 0.15) is 6.04 Å². The standard InChI is InChI=1S/C12H17N3O2S/c1-3-7-8(4-2)15(12(18)14-10(7)16)9-5-6-13-11(9)17/h9H,3-6H2,1-2H3,(H,13,17)(H,14,16,18). The maximum absolute atomic E-state index is 11.9. The second-order valence-corrected chi connectivity index (χ2v) is 4.74. The lowest BCUT2D eigenvalue weighted by Gasteiger charge is -2.19. The zero-order valence-electron chi connectivity index (χ0n) is 10.6. The molecule has 1 aromatic rings. The Balaban J connectivity index is 2.69. The molecule has 6 heteroatoms. The van der Waals surface area contributed by atoms with Crippen molar-refractivity contribution in [1.82, 2.24) is 14.9 Å². The zero-order valence-corrected chi connectivity index (χ0v) is 11.4. The lowest BCUT2D eigenvalue weighted by molar-refractivity contribution is -0.121. The van der Waals surface area contributed by atoms with E-state index in [1.165, 1.54) is 0 Å². The van der Waals surface area contributed by atoms with Crippen LogP contribution in [0.2, 0.25) is 0 Å². The topological polar surface area (TPSA) is 66.9 Å². The van der Waals surface area contributed by atoms with Gasteiger partial charge in [-0.1, -0.05) is 13.8 Å². The summed E-state index contributed by atoms with van der Waals surface area (Å²) in [6.45, 7) is 4.58. The Bertz CT molecular complexity index is 588. The molecule has 1 fully saturated rings. The van der Waals surface area contributed by atoms with E-state index >= 15 is 0 Å². The van der Waals surface area contributed by atoms with Crippen molar-refractivity contribution < 1.29 is 4.79 Å². The van der Waals surface area contributed by atoms with Gasteiger partial charge >= 0.3 is 0 Å². The summed E-state index contributed by atoms with van der Waals surface area (Å²) in [5.41, 5.74) is 1.48. The minimum atomic E-state index is -0.283. The van der Waals surface area contributed by atoms with Gasteiger partial charge in [0, 0.05) is 17.8 Å². The highest BCUT2D eigenvalue weighted by molar-refractivity contribution is 7.71. The first kappa shape index (κ1) is 13.0. The molecule has 0 aliphatic carbocycles. The van der Waals surface area contributed by atoms with E-state index in [1.54, 1.807) is 0 Å². The summed E-state index contributed by atoms with van der Waals surface area (Å²) >= 11 is 5.22. The maximum Gasteiger partial charge on any atom is 0.255 e. The van der Waals surface area contributed by atoms with Crippen molar-refractivity contribution in [3.63, 3.8) is 0 Å². The summed E-state index contributed by atoms with van der Waals surface area (Å²) in [6, 6.07) is -0.283. The second kappa shape index (κ2) is 5.06. The molecule has 2 N–H and O–H groups in total. The second-order valence-electron chi connectivity index (χ2n) is 4.36. The molecule has 0 spiro atoms. The number of rotatable bonds is 3. The molecule has 5 nitrogen and oxygen atoms in total. The van der Waals surface area contributed by atoms with Crippen molar-refractivity contribution in [3.05, 3.63) is 26.4 Å². The van der Waals surface area contributed by atoms with Gasteiger partial charge in [-0.05, 0) is 31.5 Å². The van der Waals surface area contributed by atoms with Gasteiger partial charge in [0.05, 0.1) is 0 Å². The van der Waals surface area contributed by atoms with E-state index in [0.717, 1.165) is 17.7 Å². The summed E-state index contributed by atoms with van der Waals surface area (Å²) in [4.78, 5) is 26.3. The average molecular weight is 267 g/mol. The normalized spacial score (nSPS) is 19.0. The van der Waals surface area contributed by atoms with Crippen molar-refractivity contribution in [1.29, 1.82) is 0 Å². The molecule has 2 heterocycles. The van der Waals surface area contributed by atoms with Crippen LogP contribution in [0.25, 0.3) is 0 Å². The number of aromatic amines is 1. The number of nitrogens with one attached hydrogen (secondary N) is 2. The van der Waals surface area contributed by atoms with E-state index in [0.29, 0.717) is 24.2 Å². The number of carbonyl (C=O) groups excluding carboxylic acids is 1. The first-order valence-corrected chi connectivity index (χ1v) is 6.65. The van der Waals surface area contributed by atoms with Gasteiger partial charge in [-0.3, -0.25) is 14.6 Å². The van der Waals surface area contributed by atoms with E-state index in [2.05, 4.69) is 10.3 Å². The molecular weight excluding hydrogens is 250 g/mol. The average Bonchev–Trinajstić information content (AvgIpc) is 2.74. The largest absolute Gasteiger partial charge is 0.354 e. The first-order valence-electron chi connectivity index (χ1n) is 6.24. The number of nitrogens with zero attached hydrogens (tertiary/aromatic N) is 1. The van der Waals surface area contributed by atoms with Crippen LogP contribution in [0, 0.1) is 4.77 Å². The van der Waals surface area contributed by atoms with Crippen molar-refractivity contribution in [3.8, 4) is 0 Å². The SMILES string of the molecule is CCc1c(CC)n(C2CCNC2=O)c(=S)[nH]c1=O. The van der Waals surface area contributed by atoms with Crippen LogP contribution in [0.1, 0.15) is 37.6 Å². The van der Waals surface area contributed by atoms with E-state index in [9.17, 15) is 9.59 Å². The highest BCUT2D eigenvalue weighted by Crippen LogP contribution is 2.20. The molecule has 18 heavy (non-hydrogen) atoms. The Morgan fingerprint density at radius 2 is 2.06 bits per heavy atom. The van der Waals surface area contributed by atoms with Crippen LogP contribution in [0.15, 0.2) is 4.79 Å². The van der Waals surface area contributed by atoms with Crippen LogP contribution >= 0.6 is 12.2 Å². The van der Waals surface area contributed by atoms with Crippen LogP contribution in [0.5, 0.6) is 0 Å². The van der Waals surface area contributed by atoms with Gasteiger partial charge in [-0.2, -0.15) is 0 Å². The smallest absolute Gasteiger partial charge is 0.255 e. The molecule has 1 unspecified atom stereocenters. The number of H-pyrrole nitrogens is 1. The van der Waals surface area contributed by atoms with Crippen LogP contribution in [0.3, 0.4) is 0 Å². The molecule has 0 bridgehead atoms. The van der Waals surface area contributed by atoms with E-state index < -0.39 is 0 Å². The summed E-state index contributed by atoms with van der Waals surface area (Å²) in [5.74, 6) is -0.0186. The number of hydrogen-bond acceptors (Lipinski definition) is 3. The third kappa shape index (κ3) is 2.01. The molecule has 0 aromatic carbocycles. The predicted octanol–water partition coefficient (Wildman–Crippen LogP) is 1.09. The van der Waals surface area contributed by atoms with Gasteiger partial charge < -0.3 is 9.88 Å². The summed E-state index contributed by atoms with van der Waals surface area (Å²) in [5, 5.41) is 2.80. The van der Waals surface area contributed by atoms with E-state index in [1.807, 2.05) is 18.4 Å². The fraction of sp³-hybridized carbons (Fsp3) is 0.583. The molecule has 0 radical (unpaired) electrons. The predicted molar refractivity (Wildman–Crippen MR) is 71.3 cm³/mol. The maximum atomic E-state index is 11.9. The third-order valence-corrected chi connectivity index (χ3v) is 3.67. The number of amides is 1. The molecule has 1 aliphatic heterocycles. The Morgan fingerprint density at radius 1 is 1.33 bits per heavy atom. The molecule has 2 rings (SSSR count). The van der Waals surface area contributed by atoms with Crippen molar-refractivity contribution >= 4 is 18.1 Å². The van der Waals surface area contributed by atoms with Crippen LogP contribution in [0.4, 0.5) is 0 Å². The Kier molecular flexibility index (Phi) is 3.65. The monoisotopic (exact) mass is 267 g/mol. The molecule has 1 amide bonds. The van der Waals surface area contributed by atoms with Crippen molar-refractivity contribution in [2.24, 2.45) is 0 Å². The van der Waals surface area contributed by atoms with Gasteiger partial charge in [0.2, 0.25) is 5.91 Å². The quantitative estimate of drug-likeness (QED) is 0.806. The summed E-state index contributed by atoms with van der Waals surface area (Å²) < 4.78 is 2.16. The van der Waals surface area contributed by atoms with Crippen LogP contribution < -0.4 is 10.9 Å². The molecule has 1 aromatic heterocycles. The van der Waals surface area contributed by atoms with Gasteiger partial charge in [0.25, 0.3) is 5.56 Å². The lowest BCUT2D eigenvalue weighted by Crippen LogP contribution is -2.29. The fourth-order valence-corrected chi connectivity index (χ4v) is 2.87. The Labute approximate surface area is 110 Å². The third-order valence-electron chi connectivity index (χ3n) is 3.37. The van der Waals surface area contributed by atoms with Crippen LogP contribution in [-0.4, -0.2) is 22.0 Å². The minimum Gasteiger partial charge on any atom is -0.354 e.